The molecular formula is C19H16OS. The van der Waals surface area contributed by atoms with Crippen LogP contribution in [0.5, 0.6) is 0 Å². The predicted molar refractivity (Wildman–Crippen MR) is 89.1 cm³/mol. The highest BCUT2D eigenvalue weighted by Crippen LogP contribution is 2.25. The molecule has 0 amide bonds. The maximum atomic E-state index is 12.5. The van der Waals surface area contributed by atoms with Crippen LogP contribution in [0.2, 0.25) is 0 Å². The van der Waals surface area contributed by atoms with E-state index in [1.165, 1.54) is 16.0 Å². The summed E-state index contributed by atoms with van der Waals surface area (Å²) in [5.41, 5.74) is 4.23. The Morgan fingerprint density at radius 1 is 0.857 bits per heavy atom. The molecule has 21 heavy (non-hydrogen) atoms. The van der Waals surface area contributed by atoms with Crippen molar-refractivity contribution in [2.24, 2.45) is 0 Å². The van der Waals surface area contributed by atoms with E-state index in [0.717, 1.165) is 16.0 Å². The van der Waals surface area contributed by atoms with E-state index in [1.54, 1.807) is 11.3 Å². The van der Waals surface area contributed by atoms with E-state index < -0.39 is 0 Å². The zero-order chi connectivity index (χ0) is 14.8. The summed E-state index contributed by atoms with van der Waals surface area (Å²) in [5.74, 6) is 0.107. The van der Waals surface area contributed by atoms with Crippen molar-refractivity contribution < 1.29 is 4.79 Å². The highest BCUT2D eigenvalue weighted by Gasteiger charge is 2.12. The maximum Gasteiger partial charge on any atom is 0.202 e. The molecular weight excluding hydrogens is 276 g/mol. The van der Waals surface area contributed by atoms with Gasteiger partial charge in [-0.2, -0.15) is 0 Å². The molecule has 1 aromatic heterocycles. The van der Waals surface area contributed by atoms with Gasteiger partial charge in [0.15, 0.2) is 0 Å². The highest BCUT2D eigenvalue weighted by atomic mass is 32.1. The van der Waals surface area contributed by atoms with Crippen molar-refractivity contribution in [2.75, 3.05) is 0 Å². The van der Waals surface area contributed by atoms with E-state index in [4.69, 9.17) is 0 Å². The van der Waals surface area contributed by atoms with Gasteiger partial charge in [0.25, 0.3) is 0 Å². The summed E-state index contributed by atoms with van der Waals surface area (Å²) < 4.78 is 0. The molecule has 0 aliphatic rings. The van der Waals surface area contributed by atoms with E-state index in [1.807, 2.05) is 55.5 Å². The van der Waals surface area contributed by atoms with Gasteiger partial charge in [-0.25, -0.2) is 0 Å². The van der Waals surface area contributed by atoms with E-state index in [9.17, 15) is 4.79 Å². The van der Waals surface area contributed by atoms with Crippen LogP contribution in [0.4, 0.5) is 0 Å². The molecule has 0 saturated heterocycles. The van der Waals surface area contributed by atoms with E-state index in [2.05, 4.69) is 19.1 Å². The lowest BCUT2D eigenvalue weighted by Crippen LogP contribution is -1.98. The van der Waals surface area contributed by atoms with Crippen LogP contribution < -0.4 is 0 Å². The highest BCUT2D eigenvalue weighted by molar-refractivity contribution is 7.14. The Labute approximate surface area is 128 Å². The molecule has 0 aliphatic heterocycles. The summed E-state index contributed by atoms with van der Waals surface area (Å²) in [6.07, 6.45) is 0. The zero-order valence-corrected chi connectivity index (χ0v) is 12.9. The molecule has 0 unspecified atom stereocenters. The van der Waals surface area contributed by atoms with Crippen LogP contribution in [-0.2, 0) is 0 Å². The lowest BCUT2D eigenvalue weighted by molar-refractivity contribution is 0.104. The number of ketones is 1. The smallest absolute Gasteiger partial charge is 0.202 e. The van der Waals surface area contributed by atoms with Crippen LogP contribution in [0.25, 0.3) is 11.1 Å². The third-order valence-electron chi connectivity index (χ3n) is 3.64. The Kier molecular flexibility index (Phi) is 3.72. The van der Waals surface area contributed by atoms with Gasteiger partial charge >= 0.3 is 0 Å². The standard InChI is InChI=1S/C19H16OS/c1-13-12-18(21-14(13)2)19(20)17-10-8-16(9-11-17)15-6-4-3-5-7-15/h3-12H,1-2H3. The van der Waals surface area contributed by atoms with Gasteiger partial charge in [-0.3, -0.25) is 4.79 Å². The minimum absolute atomic E-state index is 0.107. The Bertz CT molecular complexity index is 748. The van der Waals surface area contributed by atoms with Gasteiger partial charge in [0.2, 0.25) is 5.78 Å². The first kappa shape index (κ1) is 13.8. The van der Waals surface area contributed by atoms with Crippen molar-refractivity contribution in [3.05, 3.63) is 81.5 Å². The summed E-state index contributed by atoms with van der Waals surface area (Å²) in [7, 11) is 0. The van der Waals surface area contributed by atoms with Crippen molar-refractivity contribution in [3.8, 4) is 11.1 Å². The Morgan fingerprint density at radius 2 is 1.48 bits per heavy atom. The number of aryl methyl sites for hydroxylation is 2. The molecule has 104 valence electrons. The number of benzene rings is 2. The van der Waals surface area contributed by atoms with Crippen LogP contribution in [0.1, 0.15) is 25.7 Å². The molecule has 0 radical (unpaired) electrons. The topological polar surface area (TPSA) is 17.1 Å². The molecule has 2 heteroatoms. The Morgan fingerprint density at radius 3 is 2.05 bits per heavy atom. The summed E-state index contributed by atoms with van der Waals surface area (Å²) in [4.78, 5) is 14.5. The first-order valence-corrected chi connectivity index (χ1v) is 7.74. The fraction of sp³-hybridized carbons (Fsp3) is 0.105. The second-order valence-electron chi connectivity index (χ2n) is 5.12. The minimum Gasteiger partial charge on any atom is -0.288 e. The quantitative estimate of drug-likeness (QED) is 0.601. The van der Waals surface area contributed by atoms with Crippen LogP contribution in [0.15, 0.2) is 60.7 Å². The van der Waals surface area contributed by atoms with Gasteiger partial charge in [-0.05, 0) is 36.6 Å². The summed E-state index contributed by atoms with van der Waals surface area (Å²) in [6, 6.07) is 20.0. The number of carbonyl (C=O) groups is 1. The van der Waals surface area contributed by atoms with E-state index >= 15 is 0 Å². The molecule has 1 heterocycles. The van der Waals surface area contributed by atoms with Crippen LogP contribution in [0, 0.1) is 13.8 Å². The van der Waals surface area contributed by atoms with Crippen molar-refractivity contribution in [2.45, 2.75) is 13.8 Å². The fourth-order valence-corrected chi connectivity index (χ4v) is 3.27. The van der Waals surface area contributed by atoms with Gasteiger partial charge in [0, 0.05) is 10.4 Å². The van der Waals surface area contributed by atoms with Crippen molar-refractivity contribution in [3.63, 3.8) is 0 Å². The summed E-state index contributed by atoms with van der Waals surface area (Å²) in [6.45, 7) is 4.09. The molecule has 3 rings (SSSR count). The molecule has 0 saturated carbocycles. The first-order valence-electron chi connectivity index (χ1n) is 6.92. The molecule has 0 atom stereocenters. The van der Waals surface area contributed by atoms with Gasteiger partial charge in [-0.15, -0.1) is 11.3 Å². The van der Waals surface area contributed by atoms with Crippen LogP contribution >= 0.6 is 11.3 Å². The SMILES string of the molecule is Cc1cc(C(=O)c2ccc(-c3ccccc3)cc2)sc1C. The summed E-state index contributed by atoms with van der Waals surface area (Å²) >= 11 is 1.57. The second kappa shape index (κ2) is 5.66. The molecule has 3 aromatic rings. The molecule has 1 nitrogen and oxygen atoms in total. The minimum atomic E-state index is 0.107. The second-order valence-corrected chi connectivity index (χ2v) is 6.38. The lowest BCUT2D eigenvalue weighted by atomic mass is 10.0. The zero-order valence-electron chi connectivity index (χ0n) is 12.1. The average Bonchev–Trinajstić information content (AvgIpc) is 2.87. The van der Waals surface area contributed by atoms with Gasteiger partial charge in [0.05, 0.1) is 4.88 Å². The van der Waals surface area contributed by atoms with Gasteiger partial charge < -0.3 is 0 Å². The number of thiophene rings is 1. The third kappa shape index (κ3) is 2.81. The Hall–Kier alpha value is -2.19. The average molecular weight is 292 g/mol. The van der Waals surface area contributed by atoms with Crippen LogP contribution in [-0.4, -0.2) is 5.78 Å². The maximum absolute atomic E-state index is 12.5. The van der Waals surface area contributed by atoms with E-state index in [-0.39, 0.29) is 5.78 Å². The van der Waals surface area contributed by atoms with Crippen molar-refractivity contribution >= 4 is 17.1 Å². The Balaban J connectivity index is 1.89. The number of hydrogen-bond acceptors (Lipinski definition) is 2. The molecule has 0 bridgehead atoms. The third-order valence-corrected chi connectivity index (χ3v) is 4.80. The fourth-order valence-electron chi connectivity index (χ4n) is 2.27. The van der Waals surface area contributed by atoms with Gasteiger partial charge in [-0.1, -0.05) is 54.6 Å². The van der Waals surface area contributed by atoms with Gasteiger partial charge in [0.1, 0.15) is 0 Å². The number of carbonyl (C=O) groups excluding carboxylic acids is 1. The first-order chi connectivity index (χ1) is 10.1. The largest absolute Gasteiger partial charge is 0.288 e. The summed E-state index contributed by atoms with van der Waals surface area (Å²) in [5, 5.41) is 0. The number of hydrogen-bond donors (Lipinski definition) is 0. The molecule has 0 spiro atoms. The monoisotopic (exact) mass is 292 g/mol. The lowest BCUT2D eigenvalue weighted by Gasteiger charge is -2.03. The molecule has 2 aromatic carbocycles. The van der Waals surface area contributed by atoms with E-state index in [0.29, 0.717) is 0 Å². The molecule has 0 fully saturated rings. The molecule has 0 aliphatic carbocycles. The normalized spacial score (nSPS) is 10.6. The number of rotatable bonds is 3. The van der Waals surface area contributed by atoms with Crippen LogP contribution in [0.3, 0.4) is 0 Å². The van der Waals surface area contributed by atoms with Crippen molar-refractivity contribution in [1.82, 2.24) is 0 Å². The predicted octanol–water partition coefficient (Wildman–Crippen LogP) is 5.26. The van der Waals surface area contributed by atoms with Crippen molar-refractivity contribution in [1.29, 1.82) is 0 Å². The molecule has 0 N–H and O–H groups in total.